The highest BCUT2D eigenvalue weighted by molar-refractivity contribution is 9.10. The van der Waals surface area contributed by atoms with E-state index in [4.69, 9.17) is 37.4 Å². The van der Waals surface area contributed by atoms with Crippen molar-refractivity contribution in [1.82, 2.24) is 5.43 Å². The number of amides is 2. The van der Waals surface area contributed by atoms with Gasteiger partial charge in [0.25, 0.3) is 0 Å². The maximum atomic E-state index is 12.2. The number of hydrogen-bond acceptors (Lipinski definition) is 6. The van der Waals surface area contributed by atoms with Gasteiger partial charge in [-0.2, -0.15) is 5.10 Å². The van der Waals surface area contributed by atoms with Crippen LogP contribution >= 0.6 is 39.1 Å². The van der Waals surface area contributed by atoms with Crippen molar-refractivity contribution < 1.29 is 23.8 Å². The first kappa shape index (κ1) is 27.3. The number of carbonyl (C=O) groups excluding carboxylic acids is 2. The fourth-order valence-corrected chi connectivity index (χ4v) is 4.10. The lowest BCUT2D eigenvalue weighted by atomic mass is 10.2. The molecule has 0 aromatic heterocycles. The van der Waals surface area contributed by atoms with Gasteiger partial charge in [0.2, 0.25) is 0 Å². The Morgan fingerprint density at radius 2 is 1.72 bits per heavy atom. The molecule has 0 spiro atoms. The Kier molecular flexibility index (Phi) is 9.98. The van der Waals surface area contributed by atoms with Crippen molar-refractivity contribution in [3.8, 4) is 17.2 Å². The molecule has 0 saturated heterocycles. The Morgan fingerprint density at radius 1 is 1.00 bits per heavy atom. The lowest BCUT2D eigenvalue weighted by Gasteiger charge is -2.15. The minimum Gasteiger partial charge on any atom is -0.495 e. The number of para-hydroxylation sites is 2. The van der Waals surface area contributed by atoms with E-state index in [0.29, 0.717) is 55.2 Å². The number of hydrazone groups is 1. The summed E-state index contributed by atoms with van der Waals surface area (Å²) in [6, 6.07) is 15.3. The molecule has 3 aromatic rings. The average molecular weight is 595 g/mol. The van der Waals surface area contributed by atoms with Gasteiger partial charge >= 0.3 is 11.8 Å². The molecule has 0 fully saturated rings. The second-order valence-corrected chi connectivity index (χ2v) is 8.77. The molecule has 3 rings (SSSR count). The monoisotopic (exact) mass is 593 g/mol. The average Bonchev–Trinajstić information content (AvgIpc) is 2.85. The Morgan fingerprint density at radius 3 is 2.42 bits per heavy atom. The highest BCUT2D eigenvalue weighted by Crippen LogP contribution is 2.38. The Balaban J connectivity index is 1.68. The molecule has 0 bridgehead atoms. The molecule has 0 aliphatic heterocycles. The molecule has 36 heavy (non-hydrogen) atoms. The molecule has 0 atom stereocenters. The number of methoxy groups -OCH3 is 1. The first-order valence-electron chi connectivity index (χ1n) is 10.6. The lowest BCUT2D eigenvalue weighted by molar-refractivity contribution is -0.136. The summed E-state index contributed by atoms with van der Waals surface area (Å²) in [7, 11) is 1.46. The number of nitrogens with one attached hydrogen (secondary N) is 2. The maximum Gasteiger partial charge on any atom is 0.329 e. The van der Waals surface area contributed by atoms with Gasteiger partial charge in [-0.25, -0.2) is 5.43 Å². The van der Waals surface area contributed by atoms with E-state index in [1.54, 1.807) is 54.6 Å². The van der Waals surface area contributed by atoms with Crippen molar-refractivity contribution in [2.75, 3.05) is 19.0 Å². The van der Waals surface area contributed by atoms with Crippen LogP contribution in [0.3, 0.4) is 0 Å². The van der Waals surface area contributed by atoms with Gasteiger partial charge in [0, 0.05) is 15.6 Å². The smallest absolute Gasteiger partial charge is 0.329 e. The predicted octanol–water partition coefficient (Wildman–Crippen LogP) is 5.83. The van der Waals surface area contributed by atoms with Gasteiger partial charge in [-0.15, -0.1) is 0 Å². The maximum absolute atomic E-state index is 12.2. The Bertz CT molecular complexity index is 1270. The molecule has 0 unspecified atom stereocenters. The van der Waals surface area contributed by atoms with E-state index in [9.17, 15) is 9.59 Å². The normalized spacial score (nSPS) is 10.7. The minimum absolute atomic E-state index is 0.127. The second-order valence-electron chi connectivity index (χ2n) is 7.11. The van der Waals surface area contributed by atoms with Gasteiger partial charge < -0.3 is 19.5 Å². The number of ether oxygens (including phenoxy) is 3. The predicted molar refractivity (Wildman–Crippen MR) is 143 cm³/mol. The molecule has 11 heteroatoms. The molecule has 8 nitrogen and oxygen atoms in total. The highest BCUT2D eigenvalue weighted by atomic mass is 79.9. The van der Waals surface area contributed by atoms with Gasteiger partial charge in [-0.1, -0.05) is 41.4 Å². The summed E-state index contributed by atoms with van der Waals surface area (Å²) in [4.78, 5) is 24.3. The van der Waals surface area contributed by atoms with Crippen molar-refractivity contribution >= 4 is 62.8 Å². The molecule has 0 aliphatic carbocycles. The summed E-state index contributed by atoms with van der Waals surface area (Å²) in [6.07, 6.45) is 1.37. The fourth-order valence-electron chi connectivity index (χ4n) is 3.02. The zero-order chi connectivity index (χ0) is 26.1. The van der Waals surface area contributed by atoms with Crippen molar-refractivity contribution in [2.45, 2.75) is 13.5 Å². The van der Waals surface area contributed by atoms with Gasteiger partial charge in [0.1, 0.15) is 12.4 Å². The van der Waals surface area contributed by atoms with E-state index in [2.05, 4.69) is 31.8 Å². The van der Waals surface area contributed by atoms with E-state index in [0.717, 1.165) is 0 Å². The van der Waals surface area contributed by atoms with Crippen LogP contribution in [0.25, 0.3) is 0 Å². The molecular weight excluding hydrogens is 573 g/mol. The fraction of sp³-hybridized carbons (Fsp3) is 0.160. The van der Waals surface area contributed by atoms with E-state index in [-0.39, 0.29) is 6.61 Å². The lowest BCUT2D eigenvalue weighted by Crippen LogP contribution is -2.32. The van der Waals surface area contributed by atoms with Crippen LogP contribution < -0.4 is 25.0 Å². The van der Waals surface area contributed by atoms with Crippen molar-refractivity contribution in [2.24, 2.45) is 5.10 Å². The number of rotatable bonds is 9. The Labute approximate surface area is 226 Å². The number of carbonyl (C=O) groups is 2. The van der Waals surface area contributed by atoms with Gasteiger partial charge in [0.15, 0.2) is 11.5 Å². The zero-order valence-corrected chi connectivity index (χ0v) is 22.4. The van der Waals surface area contributed by atoms with Crippen LogP contribution in [0.15, 0.2) is 64.2 Å². The summed E-state index contributed by atoms with van der Waals surface area (Å²) in [5, 5.41) is 7.32. The third kappa shape index (κ3) is 7.13. The Hall–Kier alpha value is -3.27. The molecule has 3 aromatic carbocycles. The highest BCUT2D eigenvalue weighted by Gasteiger charge is 2.16. The number of benzene rings is 3. The van der Waals surface area contributed by atoms with Gasteiger partial charge in [-0.3, -0.25) is 9.59 Å². The van der Waals surface area contributed by atoms with Crippen LogP contribution in [0.4, 0.5) is 5.69 Å². The van der Waals surface area contributed by atoms with E-state index >= 15 is 0 Å². The number of halogens is 3. The number of hydrogen-bond donors (Lipinski definition) is 2. The third-order valence-electron chi connectivity index (χ3n) is 4.70. The molecule has 0 saturated carbocycles. The summed E-state index contributed by atoms with van der Waals surface area (Å²) < 4.78 is 17.4. The molecule has 0 aliphatic rings. The summed E-state index contributed by atoms with van der Waals surface area (Å²) in [5.74, 6) is -0.524. The topological polar surface area (TPSA) is 98.2 Å². The third-order valence-corrected chi connectivity index (χ3v) is 5.99. The van der Waals surface area contributed by atoms with Crippen LogP contribution in [0, 0.1) is 0 Å². The first-order valence-corrected chi connectivity index (χ1v) is 12.2. The van der Waals surface area contributed by atoms with E-state index in [1.165, 1.54) is 13.3 Å². The SMILES string of the molecule is CCOc1cc(/C=N/NC(=O)C(=O)Nc2ccccc2OC)cc(Br)c1OCc1c(Cl)cccc1Cl. The number of nitrogens with zero attached hydrogens (tertiary/aromatic N) is 1. The van der Waals surface area contributed by atoms with E-state index in [1.807, 2.05) is 6.92 Å². The van der Waals surface area contributed by atoms with Crippen LogP contribution in [0.1, 0.15) is 18.1 Å². The first-order chi connectivity index (χ1) is 17.3. The van der Waals surface area contributed by atoms with E-state index < -0.39 is 11.8 Å². The molecular formula is C25H22BrCl2N3O5. The van der Waals surface area contributed by atoms with Crippen molar-refractivity contribution in [3.05, 3.63) is 80.2 Å². The standard InChI is InChI=1S/C25H22BrCl2N3O5/c1-3-35-22-12-15(11-17(26)23(22)36-14-16-18(27)7-6-8-19(16)28)13-29-31-25(33)24(32)30-20-9-4-5-10-21(20)34-2/h4-13H,3,14H2,1-2H3,(H,30,32)(H,31,33)/b29-13+. The zero-order valence-electron chi connectivity index (χ0n) is 19.3. The molecule has 2 N–H and O–H groups in total. The van der Waals surface area contributed by atoms with Gasteiger partial charge in [0.05, 0.1) is 30.1 Å². The van der Waals surface area contributed by atoms with Crippen LogP contribution in [0.5, 0.6) is 17.2 Å². The summed E-state index contributed by atoms with van der Waals surface area (Å²) in [5.41, 5.74) is 3.79. The molecule has 188 valence electrons. The van der Waals surface area contributed by atoms with Crippen molar-refractivity contribution in [3.63, 3.8) is 0 Å². The largest absolute Gasteiger partial charge is 0.495 e. The molecule has 2 amide bonds. The molecule has 0 radical (unpaired) electrons. The summed E-state index contributed by atoms with van der Waals surface area (Å²) >= 11 is 15.9. The van der Waals surface area contributed by atoms with Gasteiger partial charge in [-0.05, 0) is 64.8 Å². The summed E-state index contributed by atoms with van der Waals surface area (Å²) in [6.45, 7) is 2.35. The molecule has 0 heterocycles. The van der Waals surface area contributed by atoms with Crippen LogP contribution in [-0.2, 0) is 16.2 Å². The second kappa shape index (κ2) is 13.2. The number of anilines is 1. The van der Waals surface area contributed by atoms with Crippen LogP contribution in [0.2, 0.25) is 10.0 Å². The van der Waals surface area contributed by atoms with Crippen LogP contribution in [-0.4, -0.2) is 31.7 Å². The quantitative estimate of drug-likeness (QED) is 0.184. The minimum atomic E-state index is -0.946. The van der Waals surface area contributed by atoms with Crippen molar-refractivity contribution in [1.29, 1.82) is 0 Å².